The van der Waals surface area contributed by atoms with Gasteiger partial charge in [-0.3, -0.25) is 0 Å². The summed E-state index contributed by atoms with van der Waals surface area (Å²) in [5, 5.41) is 9.16. The van der Waals surface area contributed by atoms with Crippen molar-refractivity contribution in [2.75, 3.05) is 18.0 Å². The smallest absolute Gasteiger partial charge is 0.0995 e. The molecule has 1 heterocycles. The van der Waals surface area contributed by atoms with Gasteiger partial charge < -0.3 is 4.90 Å². The third kappa shape index (κ3) is 2.79. The van der Waals surface area contributed by atoms with E-state index in [1.54, 1.807) is 0 Å². The fourth-order valence-electron chi connectivity index (χ4n) is 2.50. The number of hydrogen-bond donors (Lipinski definition) is 0. The minimum absolute atomic E-state index is 0.842. The van der Waals surface area contributed by atoms with Gasteiger partial charge in [0.2, 0.25) is 0 Å². The fraction of sp³-hybridized carbons (Fsp3) is 0.533. The second-order valence-electron chi connectivity index (χ2n) is 4.71. The molecule has 1 saturated heterocycles. The van der Waals surface area contributed by atoms with Gasteiger partial charge >= 0.3 is 0 Å². The molecule has 0 N–H and O–H groups in total. The molecule has 2 rings (SSSR count). The maximum absolute atomic E-state index is 9.16. The van der Waals surface area contributed by atoms with E-state index in [1.165, 1.54) is 31.4 Å². The Balaban J connectivity index is 2.23. The zero-order valence-electron chi connectivity index (χ0n) is 10.6. The van der Waals surface area contributed by atoms with Crippen LogP contribution in [0, 0.1) is 11.3 Å². The summed E-state index contributed by atoms with van der Waals surface area (Å²) in [6.07, 6.45) is 6.17. The van der Waals surface area contributed by atoms with Crippen molar-refractivity contribution in [3.63, 3.8) is 0 Å². The van der Waals surface area contributed by atoms with Gasteiger partial charge in [-0.25, -0.2) is 0 Å². The van der Waals surface area contributed by atoms with Crippen molar-refractivity contribution in [3.05, 3.63) is 29.3 Å². The van der Waals surface area contributed by atoms with Crippen LogP contribution in [0.3, 0.4) is 0 Å². The predicted octanol–water partition coefficient (Wildman–Crippen LogP) is 3.50. The summed E-state index contributed by atoms with van der Waals surface area (Å²) < 4.78 is 0. The van der Waals surface area contributed by atoms with Gasteiger partial charge in [-0.15, -0.1) is 0 Å². The highest BCUT2D eigenvalue weighted by Gasteiger charge is 2.11. The van der Waals surface area contributed by atoms with E-state index in [0.717, 1.165) is 30.6 Å². The molecule has 0 bridgehead atoms. The number of nitrogens with zero attached hydrogens (tertiary/aromatic N) is 2. The van der Waals surface area contributed by atoms with Crippen LogP contribution >= 0.6 is 0 Å². The van der Waals surface area contributed by atoms with E-state index < -0.39 is 0 Å². The van der Waals surface area contributed by atoms with E-state index in [1.807, 2.05) is 0 Å². The molecule has 0 radical (unpaired) electrons. The van der Waals surface area contributed by atoms with Crippen molar-refractivity contribution in [1.82, 2.24) is 0 Å². The minimum atomic E-state index is 0.842. The third-order valence-electron chi connectivity index (χ3n) is 3.57. The normalized spacial score (nSPS) is 16.4. The van der Waals surface area contributed by atoms with E-state index in [2.05, 4.69) is 36.1 Å². The molecule has 0 saturated carbocycles. The number of benzene rings is 1. The maximum Gasteiger partial charge on any atom is 0.0995 e. The van der Waals surface area contributed by atoms with Crippen LogP contribution < -0.4 is 4.90 Å². The summed E-state index contributed by atoms with van der Waals surface area (Å²) in [6, 6.07) is 8.66. The van der Waals surface area contributed by atoms with Crippen molar-refractivity contribution < 1.29 is 0 Å². The van der Waals surface area contributed by atoms with Crippen LogP contribution in [0.2, 0.25) is 0 Å². The monoisotopic (exact) mass is 228 g/mol. The van der Waals surface area contributed by atoms with E-state index in [9.17, 15) is 0 Å². The summed E-state index contributed by atoms with van der Waals surface area (Å²) in [5.41, 5.74) is 3.22. The Morgan fingerprint density at radius 1 is 1.18 bits per heavy atom. The molecule has 2 nitrogen and oxygen atoms in total. The van der Waals surface area contributed by atoms with Gasteiger partial charge in [0.1, 0.15) is 0 Å². The number of nitriles is 1. The molecule has 1 fully saturated rings. The van der Waals surface area contributed by atoms with E-state index >= 15 is 0 Å². The van der Waals surface area contributed by atoms with Crippen LogP contribution in [0.25, 0.3) is 0 Å². The van der Waals surface area contributed by atoms with E-state index in [-0.39, 0.29) is 0 Å². The standard InChI is InChI=1S/C15H20N2/c1-2-13-7-8-15(11-14(13)12-16)17-9-5-3-4-6-10-17/h7-8,11H,2-6,9-10H2,1H3. The molecule has 1 aliphatic rings. The number of hydrogen-bond acceptors (Lipinski definition) is 2. The van der Waals surface area contributed by atoms with Gasteiger partial charge in [0.15, 0.2) is 0 Å². The lowest BCUT2D eigenvalue weighted by molar-refractivity contribution is 0.726. The zero-order valence-corrected chi connectivity index (χ0v) is 10.6. The Bertz CT molecular complexity index is 409. The van der Waals surface area contributed by atoms with Crippen molar-refractivity contribution >= 4 is 5.69 Å². The molecule has 0 spiro atoms. The summed E-state index contributed by atoms with van der Waals surface area (Å²) >= 11 is 0. The van der Waals surface area contributed by atoms with Gasteiger partial charge in [-0.05, 0) is 37.0 Å². The Morgan fingerprint density at radius 2 is 1.88 bits per heavy atom. The van der Waals surface area contributed by atoms with Crippen LogP contribution in [0.5, 0.6) is 0 Å². The fourth-order valence-corrected chi connectivity index (χ4v) is 2.50. The van der Waals surface area contributed by atoms with Gasteiger partial charge in [0.25, 0.3) is 0 Å². The summed E-state index contributed by atoms with van der Waals surface area (Å²) in [4.78, 5) is 2.42. The summed E-state index contributed by atoms with van der Waals surface area (Å²) in [7, 11) is 0. The Kier molecular flexibility index (Phi) is 4.03. The predicted molar refractivity (Wildman–Crippen MR) is 71.2 cm³/mol. The lowest BCUT2D eigenvalue weighted by Gasteiger charge is -2.23. The molecule has 0 aromatic heterocycles. The van der Waals surface area contributed by atoms with Gasteiger partial charge in [-0.2, -0.15) is 5.26 Å². The average molecular weight is 228 g/mol. The topological polar surface area (TPSA) is 27.0 Å². The van der Waals surface area contributed by atoms with Crippen LogP contribution in [0.4, 0.5) is 5.69 Å². The molecule has 1 aliphatic heterocycles. The van der Waals surface area contributed by atoms with E-state index in [0.29, 0.717) is 0 Å². The number of aryl methyl sites for hydroxylation is 1. The molecule has 0 amide bonds. The molecule has 90 valence electrons. The molecule has 0 atom stereocenters. The Hall–Kier alpha value is -1.49. The number of anilines is 1. The second kappa shape index (κ2) is 5.72. The molecule has 1 aromatic rings. The van der Waals surface area contributed by atoms with Crippen LogP contribution in [-0.4, -0.2) is 13.1 Å². The molecule has 17 heavy (non-hydrogen) atoms. The zero-order chi connectivity index (χ0) is 12.1. The second-order valence-corrected chi connectivity index (χ2v) is 4.71. The number of rotatable bonds is 2. The first-order chi connectivity index (χ1) is 8.35. The summed E-state index contributed by atoms with van der Waals surface area (Å²) in [6.45, 7) is 4.37. The first-order valence-corrected chi connectivity index (χ1v) is 6.63. The van der Waals surface area contributed by atoms with E-state index in [4.69, 9.17) is 5.26 Å². The molecular formula is C15H20N2. The van der Waals surface area contributed by atoms with Gasteiger partial charge in [0.05, 0.1) is 11.6 Å². The largest absolute Gasteiger partial charge is 0.372 e. The third-order valence-corrected chi connectivity index (χ3v) is 3.57. The Morgan fingerprint density at radius 3 is 2.47 bits per heavy atom. The van der Waals surface area contributed by atoms with Crippen molar-refractivity contribution in [2.24, 2.45) is 0 Å². The van der Waals surface area contributed by atoms with Crippen LogP contribution in [-0.2, 0) is 6.42 Å². The molecular weight excluding hydrogens is 208 g/mol. The first-order valence-electron chi connectivity index (χ1n) is 6.63. The highest BCUT2D eigenvalue weighted by Crippen LogP contribution is 2.22. The molecule has 1 aromatic carbocycles. The minimum Gasteiger partial charge on any atom is -0.372 e. The first kappa shape index (κ1) is 12.0. The van der Waals surface area contributed by atoms with Crippen molar-refractivity contribution in [2.45, 2.75) is 39.0 Å². The average Bonchev–Trinajstić information content (AvgIpc) is 2.66. The Labute approximate surface area is 104 Å². The lowest BCUT2D eigenvalue weighted by atomic mass is 10.0. The molecule has 0 aliphatic carbocycles. The highest BCUT2D eigenvalue weighted by molar-refractivity contribution is 5.54. The molecule has 2 heteroatoms. The summed E-state index contributed by atoms with van der Waals surface area (Å²) in [5.74, 6) is 0. The van der Waals surface area contributed by atoms with Gasteiger partial charge in [0, 0.05) is 18.8 Å². The van der Waals surface area contributed by atoms with Crippen molar-refractivity contribution in [3.8, 4) is 6.07 Å². The highest BCUT2D eigenvalue weighted by atomic mass is 15.1. The maximum atomic E-state index is 9.16. The van der Waals surface area contributed by atoms with Crippen molar-refractivity contribution in [1.29, 1.82) is 5.26 Å². The molecule has 0 unspecified atom stereocenters. The quantitative estimate of drug-likeness (QED) is 0.774. The SMILES string of the molecule is CCc1ccc(N2CCCCCC2)cc1C#N. The van der Waals surface area contributed by atoms with Crippen LogP contribution in [0.15, 0.2) is 18.2 Å². The lowest BCUT2D eigenvalue weighted by Crippen LogP contribution is -2.23. The van der Waals surface area contributed by atoms with Crippen LogP contribution in [0.1, 0.15) is 43.7 Å². The van der Waals surface area contributed by atoms with Gasteiger partial charge in [-0.1, -0.05) is 25.8 Å².